The summed E-state index contributed by atoms with van der Waals surface area (Å²) in [7, 11) is 0. The van der Waals surface area contributed by atoms with Gasteiger partial charge in [0.2, 0.25) is 0 Å². The Morgan fingerprint density at radius 2 is 1.79 bits per heavy atom. The van der Waals surface area contributed by atoms with E-state index in [9.17, 15) is 9.59 Å². The number of rotatable bonds is 7. The highest BCUT2D eigenvalue weighted by molar-refractivity contribution is 5.87. The number of likely N-dealkylation sites (tertiary alicyclic amines) is 1. The SMILES string of the molecule is NC(=O)C1(OC(=O)C2CCC2)CCC(CCN2CCC(c3coc4ccccc34)CC2)CC1. The molecule has 2 aliphatic carbocycles. The van der Waals surface area contributed by atoms with Gasteiger partial charge in [0.15, 0.2) is 5.60 Å². The van der Waals surface area contributed by atoms with Crippen LogP contribution in [0.2, 0.25) is 0 Å². The zero-order valence-corrected chi connectivity index (χ0v) is 19.5. The number of ether oxygens (including phenoxy) is 1. The fourth-order valence-electron chi connectivity index (χ4n) is 5.90. The number of esters is 1. The third-order valence-corrected chi connectivity index (χ3v) is 8.49. The van der Waals surface area contributed by atoms with Gasteiger partial charge in [-0.1, -0.05) is 24.6 Å². The number of hydrogen-bond acceptors (Lipinski definition) is 5. The Morgan fingerprint density at radius 1 is 1.06 bits per heavy atom. The van der Waals surface area contributed by atoms with Crippen molar-refractivity contribution < 1.29 is 18.7 Å². The molecule has 0 spiro atoms. The molecule has 178 valence electrons. The molecule has 1 amide bonds. The smallest absolute Gasteiger partial charge is 0.309 e. The average molecular weight is 453 g/mol. The van der Waals surface area contributed by atoms with Gasteiger partial charge in [-0.2, -0.15) is 0 Å². The van der Waals surface area contributed by atoms with Crippen LogP contribution in [0.4, 0.5) is 0 Å². The number of nitrogens with two attached hydrogens (primary N) is 1. The van der Waals surface area contributed by atoms with Gasteiger partial charge in [-0.3, -0.25) is 9.59 Å². The molecule has 2 heterocycles. The molecule has 33 heavy (non-hydrogen) atoms. The second-order valence-corrected chi connectivity index (χ2v) is 10.4. The fraction of sp³-hybridized carbons (Fsp3) is 0.630. The van der Waals surface area contributed by atoms with Gasteiger partial charge in [0.25, 0.3) is 5.91 Å². The highest BCUT2D eigenvalue weighted by Gasteiger charge is 2.45. The van der Waals surface area contributed by atoms with Crippen molar-refractivity contribution in [2.45, 2.75) is 75.7 Å². The summed E-state index contributed by atoms with van der Waals surface area (Å²) in [6.45, 7) is 3.32. The first kappa shape index (κ1) is 22.5. The van der Waals surface area contributed by atoms with E-state index in [0.29, 0.717) is 24.7 Å². The van der Waals surface area contributed by atoms with Crippen LogP contribution in [0.3, 0.4) is 0 Å². The van der Waals surface area contributed by atoms with Crippen molar-refractivity contribution in [2.75, 3.05) is 19.6 Å². The standard InChI is InChI=1S/C27H36N2O4/c28-26(31)27(33-25(30)21-4-3-5-21)13-8-19(9-14-27)10-15-29-16-11-20(12-17-29)23-18-32-24-7-2-1-6-22(23)24/h1-2,6-7,18-21H,3-5,8-17H2,(H2,28,31). The van der Waals surface area contributed by atoms with Crippen LogP contribution in [0.5, 0.6) is 0 Å². The van der Waals surface area contributed by atoms with Gasteiger partial charge in [-0.25, -0.2) is 0 Å². The number of amides is 1. The van der Waals surface area contributed by atoms with E-state index < -0.39 is 11.5 Å². The van der Waals surface area contributed by atoms with Crippen molar-refractivity contribution in [1.82, 2.24) is 4.90 Å². The normalized spacial score (nSPS) is 27.3. The molecular weight excluding hydrogens is 416 g/mol. The summed E-state index contributed by atoms with van der Waals surface area (Å²) in [5, 5.41) is 1.26. The molecule has 2 N–H and O–H groups in total. The van der Waals surface area contributed by atoms with Crippen LogP contribution in [-0.2, 0) is 14.3 Å². The molecule has 1 aromatic heterocycles. The molecule has 0 radical (unpaired) electrons. The monoisotopic (exact) mass is 452 g/mol. The number of para-hydroxylation sites is 1. The molecule has 1 aliphatic heterocycles. The van der Waals surface area contributed by atoms with Crippen molar-refractivity contribution in [3.05, 3.63) is 36.1 Å². The van der Waals surface area contributed by atoms with Crippen LogP contribution in [0.15, 0.2) is 34.9 Å². The summed E-state index contributed by atoms with van der Waals surface area (Å²) in [4.78, 5) is 27.1. The molecule has 1 saturated heterocycles. The zero-order valence-electron chi connectivity index (χ0n) is 19.5. The predicted molar refractivity (Wildman–Crippen MR) is 127 cm³/mol. The topological polar surface area (TPSA) is 85.8 Å². The number of primary amides is 1. The average Bonchev–Trinajstić information content (AvgIpc) is 3.22. The maximum atomic E-state index is 12.4. The van der Waals surface area contributed by atoms with Crippen LogP contribution < -0.4 is 5.73 Å². The van der Waals surface area contributed by atoms with Gasteiger partial charge in [-0.15, -0.1) is 0 Å². The van der Waals surface area contributed by atoms with Crippen molar-refractivity contribution in [3.8, 4) is 0 Å². The molecule has 0 atom stereocenters. The quantitative estimate of drug-likeness (QED) is 0.612. The van der Waals surface area contributed by atoms with Crippen LogP contribution in [0.25, 0.3) is 11.0 Å². The lowest BCUT2D eigenvalue weighted by molar-refractivity contribution is -0.178. The second kappa shape index (κ2) is 9.49. The lowest BCUT2D eigenvalue weighted by Gasteiger charge is -2.39. The number of nitrogens with zero attached hydrogens (tertiary/aromatic N) is 1. The van der Waals surface area contributed by atoms with Gasteiger partial charge < -0.3 is 19.8 Å². The molecule has 1 aromatic carbocycles. The van der Waals surface area contributed by atoms with Crippen LogP contribution in [0, 0.1) is 11.8 Å². The lowest BCUT2D eigenvalue weighted by Crippen LogP contribution is -2.51. The second-order valence-electron chi connectivity index (χ2n) is 10.4. The number of fused-ring (bicyclic) bond motifs is 1. The molecule has 0 bridgehead atoms. The fourth-order valence-corrected chi connectivity index (χ4v) is 5.90. The molecule has 6 heteroatoms. The number of carbonyl (C=O) groups is 2. The minimum Gasteiger partial charge on any atom is -0.464 e. The van der Waals surface area contributed by atoms with Gasteiger partial charge in [-0.05, 0) is 95.3 Å². The van der Waals surface area contributed by atoms with E-state index >= 15 is 0 Å². The van der Waals surface area contributed by atoms with E-state index in [0.717, 1.165) is 76.6 Å². The van der Waals surface area contributed by atoms with Crippen molar-refractivity contribution >= 4 is 22.8 Å². The molecule has 2 saturated carbocycles. The van der Waals surface area contributed by atoms with Crippen LogP contribution in [0.1, 0.15) is 75.7 Å². The van der Waals surface area contributed by atoms with E-state index in [4.69, 9.17) is 14.9 Å². The Morgan fingerprint density at radius 3 is 2.45 bits per heavy atom. The van der Waals surface area contributed by atoms with Crippen molar-refractivity contribution in [3.63, 3.8) is 0 Å². The van der Waals surface area contributed by atoms with Crippen molar-refractivity contribution in [2.24, 2.45) is 17.6 Å². The Bertz CT molecular complexity index is 979. The van der Waals surface area contributed by atoms with Crippen molar-refractivity contribution in [1.29, 1.82) is 0 Å². The lowest BCUT2D eigenvalue weighted by atomic mass is 9.76. The molecule has 6 nitrogen and oxygen atoms in total. The van der Waals surface area contributed by atoms with Gasteiger partial charge in [0.1, 0.15) is 5.58 Å². The van der Waals surface area contributed by atoms with Gasteiger partial charge in [0.05, 0.1) is 12.2 Å². The first-order valence-corrected chi connectivity index (χ1v) is 12.8. The van der Waals surface area contributed by atoms with Crippen LogP contribution in [-0.4, -0.2) is 42.0 Å². The van der Waals surface area contributed by atoms with Gasteiger partial charge >= 0.3 is 5.97 Å². The maximum absolute atomic E-state index is 12.4. The Kier molecular flexibility index (Phi) is 6.46. The minimum absolute atomic E-state index is 0.0260. The first-order chi connectivity index (χ1) is 16.0. The number of furan rings is 1. The third kappa shape index (κ3) is 4.68. The van der Waals surface area contributed by atoms with Gasteiger partial charge in [0, 0.05) is 10.9 Å². The Balaban J connectivity index is 1.08. The number of carbonyl (C=O) groups excluding carboxylic acids is 2. The van der Waals surface area contributed by atoms with E-state index in [1.54, 1.807) is 0 Å². The van der Waals surface area contributed by atoms with E-state index in [-0.39, 0.29) is 11.9 Å². The number of benzene rings is 1. The maximum Gasteiger partial charge on any atom is 0.309 e. The highest BCUT2D eigenvalue weighted by atomic mass is 16.6. The third-order valence-electron chi connectivity index (χ3n) is 8.49. The number of piperidine rings is 1. The molecule has 5 rings (SSSR count). The number of hydrogen-bond donors (Lipinski definition) is 1. The molecular formula is C27H36N2O4. The molecule has 0 unspecified atom stereocenters. The first-order valence-electron chi connectivity index (χ1n) is 12.8. The van der Waals surface area contributed by atoms with E-state index in [2.05, 4.69) is 17.0 Å². The minimum atomic E-state index is -1.07. The van der Waals surface area contributed by atoms with Crippen LogP contribution >= 0.6 is 0 Å². The predicted octanol–water partition coefficient (Wildman–Crippen LogP) is 4.76. The summed E-state index contributed by atoms with van der Waals surface area (Å²) in [5.74, 6) is 0.424. The molecule has 3 aliphatic rings. The highest BCUT2D eigenvalue weighted by Crippen LogP contribution is 2.39. The summed E-state index contributed by atoms with van der Waals surface area (Å²) in [6, 6.07) is 8.32. The zero-order chi connectivity index (χ0) is 22.8. The summed E-state index contributed by atoms with van der Waals surface area (Å²) >= 11 is 0. The Labute approximate surface area is 195 Å². The summed E-state index contributed by atoms with van der Waals surface area (Å²) in [6.07, 6.45) is 11.2. The van der Waals surface area contributed by atoms with E-state index in [1.165, 1.54) is 10.9 Å². The summed E-state index contributed by atoms with van der Waals surface area (Å²) < 4.78 is 11.5. The molecule has 3 fully saturated rings. The Hall–Kier alpha value is -2.34. The van der Waals surface area contributed by atoms with E-state index in [1.807, 2.05) is 18.4 Å². The summed E-state index contributed by atoms with van der Waals surface area (Å²) in [5.41, 5.74) is 6.97. The largest absolute Gasteiger partial charge is 0.464 e. The molecule has 2 aromatic rings.